The Balaban J connectivity index is 1.80. The van der Waals surface area contributed by atoms with E-state index < -0.39 is 15.8 Å². The molecule has 6 nitrogen and oxygen atoms in total. The van der Waals surface area contributed by atoms with Gasteiger partial charge < -0.3 is 14.1 Å². The van der Waals surface area contributed by atoms with Crippen LogP contribution >= 0.6 is 0 Å². The highest BCUT2D eigenvalue weighted by Crippen LogP contribution is 2.27. The largest absolute Gasteiger partial charge is 0.475 e. The number of carboxylic acids is 1. The second-order valence-corrected chi connectivity index (χ2v) is 9.10. The fourth-order valence-electron chi connectivity index (χ4n) is 3.41. The molecule has 0 aliphatic carbocycles. The van der Waals surface area contributed by atoms with Crippen molar-refractivity contribution in [1.29, 1.82) is 0 Å². The Morgan fingerprint density at radius 3 is 2.43 bits per heavy atom. The van der Waals surface area contributed by atoms with E-state index in [4.69, 9.17) is 9.52 Å². The van der Waals surface area contributed by atoms with Gasteiger partial charge in [0.15, 0.2) is 9.84 Å². The maximum atomic E-state index is 13.3. The van der Waals surface area contributed by atoms with Crippen LogP contribution in [0.4, 0.5) is 4.39 Å². The first-order chi connectivity index (χ1) is 14.2. The van der Waals surface area contributed by atoms with E-state index in [0.29, 0.717) is 18.7 Å². The topological polar surface area (TPSA) is 89.5 Å². The maximum absolute atomic E-state index is 13.3. The van der Waals surface area contributed by atoms with E-state index in [0.717, 1.165) is 28.4 Å². The van der Waals surface area contributed by atoms with E-state index in [-0.39, 0.29) is 16.5 Å². The van der Waals surface area contributed by atoms with Crippen molar-refractivity contribution < 1.29 is 27.1 Å². The van der Waals surface area contributed by atoms with Crippen molar-refractivity contribution in [3.8, 4) is 0 Å². The van der Waals surface area contributed by atoms with Crippen LogP contribution in [0, 0.1) is 5.82 Å². The quantitative estimate of drug-likeness (QED) is 0.500. The Kier molecular flexibility index (Phi) is 4.95. The molecule has 0 aliphatic rings. The van der Waals surface area contributed by atoms with Gasteiger partial charge in [0, 0.05) is 35.8 Å². The van der Waals surface area contributed by atoms with Crippen molar-refractivity contribution in [3.63, 3.8) is 0 Å². The second kappa shape index (κ2) is 7.46. The number of carbonyl (C=O) groups is 1. The number of rotatable bonds is 6. The van der Waals surface area contributed by atoms with E-state index >= 15 is 0 Å². The number of halogens is 1. The third-order valence-corrected chi connectivity index (χ3v) is 5.98. The van der Waals surface area contributed by atoms with E-state index in [1.807, 2.05) is 10.6 Å². The van der Waals surface area contributed by atoms with Gasteiger partial charge >= 0.3 is 5.97 Å². The Morgan fingerprint density at radius 2 is 1.80 bits per heavy atom. The van der Waals surface area contributed by atoms with Gasteiger partial charge in [0.1, 0.15) is 11.6 Å². The molecular weight excluding hydrogens is 409 g/mol. The number of hydrogen-bond acceptors (Lipinski definition) is 4. The Bertz CT molecular complexity index is 1350. The zero-order valence-corrected chi connectivity index (χ0v) is 16.8. The third kappa shape index (κ3) is 3.99. The summed E-state index contributed by atoms with van der Waals surface area (Å²) in [5.74, 6) is -1.15. The number of furan rings is 1. The summed E-state index contributed by atoms with van der Waals surface area (Å²) in [6, 6.07) is 15.9. The van der Waals surface area contributed by atoms with Crippen molar-refractivity contribution in [2.75, 3.05) is 6.26 Å². The second-order valence-electron chi connectivity index (χ2n) is 7.09. The zero-order chi connectivity index (χ0) is 21.5. The van der Waals surface area contributed by atoms with Gasteiger partial charge in [0.25, 0.3) is 0 Å². The summed E-state index contributed by atoms with van der Waals surface area (Å²) in [5, 5.41) is 9.81. The lowest BCUT2D eigenvalue weighted by atomic mass is 10.2. The Labute approximate surface area is 172 Å². The van der Waals surface area contributed by atoms with Crippen LogP contribution < -0.4 is 0 Å². The number of hydrogen-bond donors (Lipinski definition) is 1. The molecule has 0 saturated heterocycles. The predicted molar refractivity (Wildman–Crippen MR) is 109 cm³/mol. The molecule has 30 heavy (non-hydrogen) atoms. The monoisotopic (exact) mass is 427 g/mol. The lowest BCUT2D eigenvalue weighted by molar-refractivity contribution is 0.0660. The first-order valence-corrected chi connectivity index (χ1v) is 11.0. The Morgan fingerprint density at radius 1 is 1.07 bits per heavy atom. The molecule has 1 N–H and O–H groups in total. The molecule has 4 aromatic rings. The molecule has 0 bridgehead atoms. The molecule has 0 radical (unpaired) electrons. The summed E-state index contributed by atoms with van der Waals surface area (Å²) in [5.41, 5.74) is 2.49. The third-order valence-electron chi connectivity index (χ3n) is 4.87. The number of sulfone groups is 1. The number of aromatic nitrogens is 1. The van der Waals surface area contributed by atoms with Gasteiger partial charge in [0.05, 0.1) is 4.90 Å². The first-order valence-electron chi connectivity index (χ1n) is 9.09. The standard InChI is InChI=1S/C22H18FNO5S/c1-30(27,28)19-7-8-20-15(11-19)10-17(12-18-6-9-21(29-18)22(25)26)24(20)13-14-2-4-16(23)5-3-14/h2-11H,12-13H2,1H3,(H,25,26). The highest BCUT2D eigenvalue weighted by molar-refractivity contribution is 7.90. The van der Waals surface area contributed by atoms with Crippen molar-refractivity contribution in [3.05, 3.63) is 89.3 Å². The SMILES string of the molecule is CS(=O)(=O)c1ccc2c(c1)cc(Cc1ccc(C(=O)O)o1)n2Cc1ccc(F)cc1. The normalized spacial score (nSPS) is 11.8. The number of aromatic carboxylic acids is 1. The molecule has 0 fully saturated rings. The van der Waals surface area contributed by atoms with E-state index in [9.17, 15) is 17.6 Å². The van der Waals surface area contributed by atoms with Crippen molar-refractivity contribution >= 4 is 26.7 Å². The molecule has 2 heterocycles. The molecule has 0 amide bonds. The number of benzene rings is 2. The highest BCUT2D eigenvalue weighted by Gasteiger charge is 2.16. The Hall–Kier alpha value is -3.39. The molecule has 2 aromatic heterocycles. The number of fused-ring (bicyclic) bond motifs is 1. The molecule has 4 rings (SSSR count). The molecular formula is C22H18FNO5S. The van der Waals surface area contributed by atoms with Crippen molar-refractivity contribution in [1.82, 2.24) is 4.57 Å². The zero-order valence-electron chi connectivity index (χ0n) is 16.0. The van der Waals surface area contributed by atoms with Crippen LogP contribution in [0.25, 0.3) is 10.9 Å². The lowest BCUT2D eigenvalue weighted by Crippen LogP contribution is -2.05. The highest BCUT2D eigenvalue weighted by atomic mass is 32.2. The maximum Gasteiger partial charge on any atom is 0.371 e. The minimum atomic E-state index is -3.36. The first kappa shape index (κ1) is 19.9. The molecule has 0 spiro atoms. The smallest absolute Gasteiger partial charge is 0.371 e. The summed E-state index contributed by atoms with van der Waals surface area (Å²) >= 11 is 0. The number of nitrogens with zero attached hydrogens (tertiary/aromatic N) is 1. The van der Waals surface area contributed by atoms with Gasteiger partial charge in [-0.1, -0.05) is 12.1 Å². The fourth-order valence-corrected chi connectivity index (χ4v) is 4.07. The summed E-state index contributed by atoms with van der Waals surface area (Å²) in [7, 11) is -3.36. The summed E-state index contributed by atoms with van der Waals surface area (Å²) in [6.07, 6.45) is 1.47. The van der Waals surface area contributed by atoms with Crippen LogP contribution in [0.3, 0.4) is 0 Å². The predicted octanol–water partition coefficient (Wildman–Crippen LogP) is 4.11. The van der Waals surface area contributed by atoms with Gasteiger partial charge in [-0.2, -0.15) is 0 Å². The van der Waals surface area contributed by atoms with Crippen LogP contribution in [-0.4, -0.2) is 30.3 Å². The minimum Gasteiger partial charge on any atom is -0.475 e. The van der Waals surface area contributed by atoms with E-state index in [2.05, 4.69) is 0 Å². The van der Waals surface area contributed by atoms with Crippen LogP contribution in [-0.2, 0) is 22.8 Å². The average Bonchev–Trinajstić information content (AvgIpc) is 3.28. The lowest BCUT2D eigenvalue weighted by Gasteiger charge is -2.11. The molecule has 0 aliphatic heterocycles. The molecule has 0 saturated carbocycles. The summed E-state index contributed by atoms with van der Waals surface area (Å²) in [4.78, 5) is 11.3. The van der Waals surface area contributed by atoms with Crippen LogP contribution in [0.5, 0.6) is 0 Å². The van der Waals surface area contributed by atoms with Gasteiger partial charge in [-0.3, -0.25) is 0 Å². The van der Waals surface area contributed by atoms with Gasteiger partial charge in [-0.25, -0.2) is 17.6 Å². The minimum absolute atomic E-state index is 0.148. The molecule has 0 unspecified atom stereocenters. The molecule has 154 valence electrons. The van der Waals surface area contributed by atoms with E-state index in [1.54, 1.807) is 36.4 Å². The summed E-state index contributed by atoms with van der Waals surface area (Å²) in [6.45, 7) is 0.434. The molecule has 8 heteroatoms. The molecule has 0 atom stereocenters. The summed E-state index contributed by atoms with van der Waals surface area (Å²) < 4.78 is 44.5. The van der Waals surface area contributed by atoms with Crippen molar-refractivity contribution in [2.24, 2.45) is 0 Å². The van der Waals surface area contributed by atoms with Crippen LogP contribution in [0.2, 0.25) is 0 Å². The fraction of sp³-hybridized carbons (Fsp3) is 0.136. The molecule has 2 aromatic carbocycles. The van der Waals surface area contributed by atoms with Crippen LogP contribution in [0.1, 0.15) is 27.6 Å². The average molecular weight is 427 g/mol. The van der Waals surface area contributed by atoms with Gasteiger partial charge in [-0.05, 0) is 54.1 Å². The number of carboxylic acid groups (broad SMARTS) is 1. The van der Waals surface area contributed by atoms with E-state index in [1.165, 1.54) is 18.2 Å². The van der Waals surface area contributed by atoms with Crippen LogP contribution in [0.15, 0.2) is 70.0 Å². The van der Waals surface area contributed by atoms with Crippen molar-refractivity contribution in [2.45, 2.75) is 17.9 Å². The van der Waals surface area contributed by atoms with Gasteiger partial charge in [-0.15, -0.1) is 0 Å². The van der Waals surface area contributed by atoms with Gasteiger partial charge in [0.2, 0.25) is 5.76 Å².